The number of alkyl halides is 1. The first-order valence-corrected chi connectivity index (χ1v) is 6.39. The molecule has 1 heterocycles. The predicted molar refractivity (Wildman–Crippen MR) is 74.5 cm³/mol. The largest absolute Gasteiger partial charge is 0.496 e. The number of rotatable bonds is 4. The number of methoxy groups -OCH3 is 1. The Bertz CT molecular complexity index is 516. The minimum Gasteiger partial charge on any atom is -0.496 e. The van der Waals surface area contributed by atoms with E-state index in [9.17, 15) is 0 Å². The van der Waals surface area contributed by atoms with Gasteiger partial charge >= 0.3 is 0 Å². The van der Waals surface area contributed by atoms with Crippen LogP contribution < -0.4 is 4.74 Å². The molecule has 0 fully saturated rings. The summed E-state index contributed by atoms with van der Waals surface area (Å²) in [6, 6.07) is 11.3. The lowest BCUT2D eigenvalue weighted by Gasteiger charge is -2.14. The molecule has 4 heteroatoms. The van der Waals surface area contributed by atoms with Gasteiger partial charge in [-0.1, -0.05) is 23.7 Å². The minimum atomic E-state index is -0.188. The molecule has 0 N–H and O–H groups in total. The molecule has 94 valence electrons. The average molecular weight is 282 g/mol. The van der Waals surface area contributed by atoms with Gasteiger partial charge < -0.3 is 4.74 Å². The van der Waals surface area contributed by atoms with Crippen molar-refractivity contribution in [2.45, 2.75) is 11.8 Å². The number of nitrogens with zero attached hydrogens (tertiary/aromatic N) is 1. The van der Waals surface area contributed by atoms with Crippen LogP contribution in [-0.4, -0.2) is 12.1 Å². The molecule has 2 aromatic rings. The fourth-order valence-electron chi connectivity index (χ4n) is 1.76. The van der Waals surface area contributed by atoms with E-state index in [-0.39, 0.29) is 5.38 Å². The number of hydrogen-bond donors (Lipinski definition) is 0. The molecule has 0 aliphatic carbocycles. The highest BCUT2D eigenvalue weighted by Gasteiger charge is 2.15. The summed E-state index contributed by atoms with van der Waals surface area (Å²) in [4.78, 5) is 4.27. The molecule has 0 aliphatic heterocycles. The smallest absolute Gasteiger partial charge is 0.125 e. The van der Waals surface area contributed by atoms with Crippen molar-refractivity contribution in [3.05, 3.63) is 58.9 Å². The van der Waals surface area contributed by atoms with E-state index in [1.165, 1.54) is 0 Å². The predicted octanol–water partition coefficient (Wildman–Crippen LogP) is 4.27. The average Bonchev–Trinajstić information content (AvgIpc) is 2.39. The maximum absolute atomic E-state index is 6.41. The van der Waals surface area contributed by atoms with Crippen LogP contribution in [0, 0.1) is 0 Å². The molecule has 0 bridgehead atoms. The molecule has 0 radical (unpaired) electrons. The summed E-state index contributed by atoms with van der Waals surface area (Å²) in [5.74, 6) is 0.707. The van der Waals surface area contributed by atoms with Crippen molar-refractivity contribution in [1.82, 2.24) is 4.98 Å². The van der Waals surface area contributed by atoms with Crippen molar-refractivity contribution in [3.63, 3.8) is 0 Å². The highest BCUT2D eigenvalue weighted by atomic mass is 35.5. The summed E-state index contributed by atoms with van der Waals surface area (Å²) in [7, 11) is 1.61. The molecule has 18 heavy (non-hydrogen) atoms. The molecule has 0 spiro atoms. The quantitative estimate of drug-likeness (QED) is 0.781. The van der Waals surface area contributed by atoms with Gasteiger partial charge in [0.15, 0.2) is 0 Å². The third-order valence-electron chi connectivity index (χ3n) is 2.65. The highest BCUT2D eigenvalue weighted by molar-refractivity contribution is 6.30. The van der Waals surface area contributed by atoms with Gasteiger partial charge in [-0.15, -0.1) is 11.6 Å². The van der Waals surface area contributed by atoms with Crippen LogP contribution in [0.25, 0.3) is 0 Å². The van der Waals surface area contributed by atoms with Crippen LogP contribution in [0.4, 0.5) is 0 Å². The summed E-state index contributed by atoms with van der Waals surface area (Å²) in [6.45, 7) is 0. The zero-order chi connectivity index (χ0) is 13.0. The van der Waals surface area contributed by atoms with Crippen LogP contribution in [0.5, 0.6) is 5.75 Å². The summed E-state index contributed by atoms with van der Waals surface area (Å²) in [6.07, 6.45) is 2.42. The third-order valence-corrected chi connectivity index (χ3v) is 3.27. The Morgan fingerprint density at radius 1 is 1.28 bits per heavy atom. The van der Waals surface area contributed by atoms with Crippen molar-refractivity contribution >= 4 is 23.2 Å². The van der Waals surface area contributed by atoms with E-state index in [4.69, 9.17) is 27.9 Å². The van der Waals surface area contributed by atoms with Gasteiger partial charge in [0.05, 0.1) is 12.5 Å². The van der Waals surface area contributed by atoms with Gasteiger partial charge in [-0.05, 0) is 24.3 Å². The minimum absolute atomic E-state index is 0.188. The maximum atomic E-state index is 6.41. The lowest BCUT2D eigenvalue weighted by molar-refractivity contribution is 0.409. The topological polar surface area (TPSA) is 22.1 Å². The van der Waals surface area contributed by atoms with E-state index >= 15 is 0 Å². The second-order valence-electron chi connectivity index (χ2n) is 3.88. The maximum Gasteiger partial charge on any atom is 0.125 e. The molecule has 2 nitrogen and oxygen atoms in total. The van der Waals surface area contributed by atoms with Crippen LogP contribution in [0.1, 0.15) is 16.6 Å². The normalized spacial score (nSPS) is 12.2. The van der Waals surface area contributed by atoms with E-state index in [0.29, 0.717) is 17.2 Å². The van der Waals surface area contributed by atoms with Gasteiger partial charge in [0.1, 0.15) is 5.75 Å². The van der Waals surface area contributed by atoms with Crippen molar-refractivity contribution in [3.8, 4) is 5.75 Å². The zero-order valence-electron chi connectivity index (χ0n) is 9.94. The number of ether oxygens (including phenoxy) is 1. The number of halogens is 2. The molecule has 1 unspecified atom stereocenters. The van der Waals surface area contributed by atoms with E-state index in [1.807, 2.05) is 30.3 Å². The standard InChI is InChI=1S/C14H13Cl2NO/c1-18-14-8-10(15)5-6-12(14)13(16)9-11-4-2-3-7-17-11/h2-8,13H,9H2,1H3. The highest BCUT2D eigenvalue weighted by Crippen LogP contribution is 2.33. The number of pyridine rings is 1. The number of benzene rings is 1. The second-order valence-corrected chi connectivity index (χ2v) is 4.84. The monoisotopic (exact) mass is 281 g/mol. The van der Waals surface area contributed by atoms with Crippen LogP contribution in [0.2, 0.25) is 5.02 Å². The Morgan fingerprint density at radius 3 is 2.78 bits per heavy atom. The van der Waals surface area contributed by atoms with Crippen molar-refractivity contribution in [2.24, 2.45) is 0 Å². The molecule has 0 saturated carbocycles. The lowest BCUT2D eigenvalue weighted by Crippen LogP contribution is -2.00. The Labute approximate surface area is 117 Å². The van der Waals surface area contributed by atoms with E-state index in [0.717, 1.165) is 11.3 Å². The molecule has 1 aromatic carbocycles. The Kier molecular flexibility index (Phi) is 4.45. The zero-order valence-corrected chi connectivity index (χ0v) is 11.4. The number of hydrogen-bond acceptors (Lipinski definition) is 2. The third kappa shape index (κ3) is 3.15. The lowest BCUT2D eigenvalue weighted by atomic mass is 10.1. The van der Waals surface area contributed by atoms with Gasteiger partial charge in [-0.2, -0.15) is 0 Å². The Hall–Kier alpha value is -1.25. The fourth-order valence-corrected chi connectivity index (χ4v) is 2.26. The second kappa shape index (κ2) is 6.07. The van der Waals surface area contributed by atoms with Crippen molar-refractivity contribution in [2.75, 3.05) is 7.11 Å². The SMILES string of the molecule is COc1cc(Cl)ccc1C(Cl)Cc1ccccn1. The summed E-state index contributed by atoms with van der Waals surface area (Å²) in [5.41, 5.74) is 1.88. The van der Waals surface area contributed by atoms with Gasteiger partial charge in [0.2, 0.25) is 0 Å². The van der Waals surface area contributed by atoms with Gasteiger partial charge in [-0.25, -0.2) is 0 Å². The summed E-state index contributed by atoms with van der Waals surface area (Å²) in [5, 5.41) is 0.449. The first-order chi connectivity index (χ1) is 8.70. The summed E-state index contributed by atoms with van der Waals surface area (Å²) < 4.78 is 5.30. The van der Waals surface area contributed by atoms with Crippen LogP contribution in [0.15, 0.2) is 42.6 Å². The van der Waals surface area contributed by atoms with E-state index in [1.54, 1.807) is 19.4 Å². The summed E-state index contributed by atoms with van der Waals surface area (Å²) >= 11 is 12.3. The van der Waals surface area contributed by atoms with Crippen LogP contribution in [0.3, 0.4) is 0 Å². The van der Waals surface area contributed by atoms with Crippen molar-refractivity contribution < 1.29 is 4.74 Å². The van der Waals surface area contributed by atoms with Crippen LogP contribution in [-0.2, 0) is 6.42 Å². The molecular weight excluding hydrogens is 269 g/mol. The van der Waals surface area contributed by atoms with E-state index in [2.05, 4.69) is 4.98 Å². The molecule has 1 aromatic heterocycles. The molecule has 0 amide bonds. The molecular formula is C14H13Cl2NO. The van der Waals surface area contributed by atoms with Gasteiger partial charge in [-0.3, -0.25) is 4.98 Å². The Morgan fingerprint density at radius 2 is 2.11 bits per heavy atom. The molecule has 2 rings (SSSR count). The first kappa shape index (κ1) is 13.2. The first-order valence-electron chi connectivity index (χ1n) is 5.58. The fraction of sp³-hybridized carbons (Fsp3) is 0.214. The van der Waals surface area contributed by atoms with Gasteiger partial charge in [0.25, 0.3) is 0 Å². The van der Waals surface area contributed by atoms with Crippen LogP contribution >= 0.6 is 23.2 Å². The number of aromatic nitrogens is 1. The van der Waals surface area contributed by atoms with Crippen molar-refractivity contribution in [1.29, 1.82) is 0 Å². The Balaban J connectivity index is 2.21. The van der Waals surface area contributed by atoms with E-state index < -0.39 is 0 Å². The van der Waals surface area contributed by atoms with Gasteiger partial charge in [0, 0.05) is 28.9 Å². The molecule has 0 aliphatic rings. The molecule has 0 saturated heterocycles. The molecule has 1 atom stereocenters.